The van der Waals surface area contributed by atoms with Crippen LogP contribution < -0.4 is 10.6 Å². The number of anilines is 2. The SMILES string of the molecule is CC(C)CNc1nccc(C(=O)Nc2ccc(Cl)cc2C(F)(F)F)n1. The summed E-state index contributed by atoms with van der Waals surface area (Å²) in [6, 6.07) is 4.44. The Kier molecular flexibility index (Phi) is 5.84. The molecule has 1 aromatic carbocycles. The molecule has 9 heteroatoms. The molecule has 0 spiro atoms. The molecule has 0 saturated carbocycles. The van der Waals surface area contributed by atoms with Crippen molar-refractivity contribution in [2.24, 2.45) is 5.92 Å². The number of nitrogens with zero attached hydrogens (tertiary/aromatic N) is 2. The lowest BCUT2D eigenvalue weighted by molar-refractivity contribution is -0.136. The van der Waals surface area contributed by atoms with E-state index in [-0.39, 0.29) is 16.7 Å². The first-order valence-electron chi connectivity index (χ1n) is 7.42. The minimum atomic E-state index is -4.65. The zero-order valence-corrected chi connectivity index (χ0v) is 14.2. The number of hydrogen-bond donors (Lipinski definition) is 2. The molecule has 134 valence electrons. The van der Waals surface area contributed by atoms with Crippen LogP contribution in [-0.2, 0) is 6.18 Å². The average molecular weight is 373 g/mol. The monoisotopic (exact) mass is 372 g/mol. The van der Waals surface area contributed by atoms with Crippen LogP contribution in [0.2, 0.25) is 5.02 Å². The van der Waals surface area contributed by atoms with Crippen LogP contribution in [0, 0.1) is 5.92 Å². The molecule has 2 aromatic rings. The summed E-state index contributed by atoms with van der Waals surface area (Å²) in [5, 5.41) is 5.09. The van der Waals surface area contributed by atoms with Crippen molar-refractivity contribution >= 4 is 29.1 Å². The van der Waals surface area contributed by atoms with E-state index in [9.17, 15) is 18.0 Å². The van der Waals surface area contributed by atoms with Gasteiger partial charge in [-0.1, -0.05) is 25.4 Å². The van der Waals surface area contributed by atoms with Gasteiger partial charge in [0, 0.05) is 17.8 Å². The number of carbonyl (C=O) groups excluding carboxylic acids is 1. The third-order valence-corrected chi connectivity index (χ3v) is 3.33. The van der Waals surface area contributed by atoms with Crippen LogP contribution in [0.25, 0.3) is 0 Å². The fourth-order valence-electron chi connectivity index (χ4n) is 1.91. The molecule has 0 radical (unpaired) electrons. The molecule has 0 aliphatic rings. The first kappa shape index (κ1) is 19.0. The van der Waals surface area contributed by atoms with E-state index >= 15 is 0 Å². The molecular weight excluding hydrogens is 357 g/mol. The number of alkyl halides is 3. The third-order valence-electron chi connectivity index (χ3n) is 3.09. The summed E-state index contributed by atoms with van der Waals surface area (Å²) >= 11 is 5.62. The van der Waals surface area contributed by atoms with Gasteiger partial charge in [0.1, 0.15) is 5.69 Å². The minimum Gasteiger partial charge on any atom is -0.354 e. The molecule has 0 fully saturated rings. The fourth-order valence-corrected chi connectivity index (χ4v) is 2.08. The molecule has 1 heterocycles. The van der Waals surface area contributed by atoms with Crippen LogP contribution in [-0.4, -0.2) is 22.4 Å². The second-order valence-corrected chi connectivity index (χ2v) is 6.12. The number of hydrogen-bond acceptors (Lipinski definition) is 4. The van der Waals surface area contributed by atoms with Crippen LogP contribution in [0.1, 0.15) is 29.9 Å². The largest absolute Gasteiger partial charge is 0.418 e. The van der Waals surface area contributed by atoms with Gasteiger partial charge in [0.05, 0.1) is 11.3 Å². The highest BCUT2D eigenvalue weighted by Gasteiger charge is 2.34. The molecule has 25 heavy (non-hydrogen) atoms. The van der Waals surface area contributed by atoms with Crippen molar-refractivity contribution in [3.05, 3.63) is 46.7 Å². The van der Waals surface area contributed by atoms with Crippen molar-refractivity contribution in [1.82, 2.24) is 9.97 Å². The van der Waals surface area contributed by atoms with E-state index in [1.165, 1.54) is 18.3 Å². The summed E-state index contributed by atoms with van der Waals surface area (Å²) in [6.45, 7) is 4.58. The molecule has 0 saturated heterocycles. The zero-order chi connectivity index (χ0) is 18.6. The third kappa shape index (κ3) is 5.32. The lowest BCUT2D eigenvalue weighted by Crippen LogP contribution is -2.19. The van der Waals surface area contributed by atoms with Crippen molar-refractivity contribution in [2.75, 3.05) is 17.2 Å². The number of benzene rings is 1. The Bertz CT molecular complexity index is 765. The van der Waals surface area contributed by atoms with Gasteiger partial charge in [-0.3, -0.25) is 4.79 Å². The van der Waals surface area contributed by atoms with Gasteiger partial charge in [0.2, 0.25) is 5.95 Å². The molecule has 1 aromatic heterocycles. The molecule has 0 bridgehead atoms. The summed E-state index contributed by atoms with van der Waals surface area (Å²) in [5.41, 5.74) is -1.47. The van der Waals surface area contributed by atoms with E-state index in [4.69, 9.17) is 11.6 Å². The number of halogens is 4. The van der Waals surface area contributed by atoms with E-state index in [2.05, 4.69) is 20.6 Å². The number of amides is 1. The van der Waals surface area contributed by atoms with Gasteiger partial charge >= 0.3 is 6.18 Å². The number of rotatable bonds is 5. The normalized spacial score (nSPS) is 11.5. The maximum absolute atomic E-state index is 13.1. The standard InChI is InChI=1S/C16H16ClF3N4O/c1-9(2)8-22-15-21-6-5-13(24-15)14(25)23-12-4-3-10(17)7-11(12)16(18,19)20/h3-7,9H,8H2,1-2H3,(H,23,25)(H,21,22,24). The first-order chi connectivity index (χ1) is 11.7. The van der Waals surface area contributed by atoms with Gasteiger partial charge < -0.3 is 10.6 Å². The molecule has 0 atom stereocenters. The first-order valence-corrected chi connectivity index (χ1v) is 7.79. The van der Waals surface area contributed by atoms with Crippen molar-refractivity contribution in [3.63, 3.8) is 0 Å². The molecular formula is C16H16ClF3N4O. The van der Waals surface area contributed by atoms with E-state index in [0.29, 0.717) is 12.5 Å². The van der Waals surface area contributed by atoms with Gasteiger partial charge in [-0.25, -0.2) is 9.97 Å². The van der Waals surface area contributed by atoms with Gasteiger partial charge in [0.15, 0.2) is 0 Å². The quantitative estimate of drug-likeness (QED) is 0.812. The van der Waals surface area contributed by atoms with Crippen molar-refractivity contribution < 1.29 is 18.0 Å². The summed E-state index contributed by atoms with van der Waals surface area (Å²) in [5.74, 6) is -0.208. The van der Waals surface area contributed by atoms with Gasteiger partial charge in [0.25, 0.3) is 5.91 Å². The Morgan fingerprint density at radius 2 is 2.00 bits per heavy atom. The van der Waals surface area contributed by atoms with Crippen LogP contribution in [0.5, 0.6) is 0 Å². The summed E-state index contributed by atoms with van der Waals surface area (Å²) in [6.07, 6.45) is -3.29. The number of aromatic nitrogens is 2. The molecule has 2 rings (SSSR count). The predicted octanol–water partition coefficient (Wildman–Crippen LogP) is 4.47. The Balaban J connectivity index is 2.22. The highest BCUT2D eigenvalue weighted by atomic mass is 35.5. The molecule has 0 aliphatic heterocycles. The number of nitrogens with one attached hydrogen (secondary N) is 2. The lowest BCUT2D eigenvalue weighted by atomic mass is 10.1. The Morgan fingerprint density at radius 3 is 2.64 bits per heavy atom. The Hall–Kier alpha value is -2.35. The second-order valence-electron chi connectivity index (χ2n) is 5.68. The number of carbonyl (C=O) groups is 1. The second kappa shape index (κ2) is 7.69. The van der Waals surface area contributed by atoms with E-state index in [1.807, 2.05) is 13.8 Å². The lowest BCUT2D eigenvalue weighted by Gasteiger charge is -2.14. The van der Waals surface area contributed by atoms with Crippen molar-refractivity contribution in [2.45, 2.75) is 20.0 Å². The minimum absolute atomic E-state index is 0.0515. The molecule has 5 nitrogen and oxygen atoms in total. The van der Waals surface area contributed by atoms with Crippen LogP contribution in [0.15, 0.2) is 30.5 Å². The molecule has 1 amide bonds. The predicted molar refractivity (Wildman–Crippen MR) is 89.8 cm³/mol. The summed E-state index contributed by atoms with van der Waals surface area (Å²) in [7, 11) is 0. The van der Waals surface area contributed by atoms with Gasteiger partial charge in [-0.2, -0.15) is 13.2 Å². The topological polar surface area (TPSA) is 66.9 Å². The van der Waals surface area contributed by atoms with Crippen LogP contribution in [0.4, 0.5) is 24.8 Å². The van der Waals surface area contributed by atoms with Crippen molar-refractivity contribution in [1.29, 1.82) is 0 Å². The van der Waals surface area contributed by atoms with E-state index in [0.717, 1.165) is 12.1 Å². The fraction of sp³-hybridized carbons (Fsp3) is 0.312. The smallest absolute Gasteiger partial charge is 0.354 e. The zero-order valence-electron chi connectivity index (χ0n) is 13.5. The highest BCUT2D eigenvalue weighted by Crippen LogP contribution is 2.36. The highest BCUT2D eigenvalue weighted by molar-refractivity contribution is 6.30. The summed E-state index contributed by atoms with van der Waals surface area (Å²) < 4.78 is 39.2. The van der Waals surface area contributed by atoms with Crippen LogP contribution >= 0.6 is 11.6 Å². The van der Waals surface area contributed by atoms with Crippen LogP contribution in [0.3, 0.4) is 0 Å². The summed E-state index contributed by atoms with van der Waals surface area (Å²) in [4.78, 5) is 20.2. The molecule has 0 aliphatic carbocycles. The average Bonchev–Trinajstić information content (AvgIpc) is 2.54. The van der Waals surface area contributed by atoms with Gasteiger partial charge in [-0.05, 0) is 30.2 Å². The maximum atomic E-state index is 13.1. The molecule has 0 unspecified atom stereocenters. The molecule has 2 N–H and O–H groups in total. The maximum Gasteiger partial charge on any atom is 0.418 e. The van der Waals surface area contributed by atoms with E-state index in [1.54, 1.807) is 0 Å². The van der Waals surface area contributed by atoms with Gasteiger partial charge in [-0.15, -0.1) is 0 Å². The Morgan fingerprint density at radius 1 is 1.28 bits per heavy atom. The Labute approximate surface area is 147 Å². The van der Waals surface area contributed by atoms with Crippen molar-refractivity contribution in [3.8, 4) is 0 Å². The van der Waals surface area contributed by atoms with E-state index < -0.39 is 23.3 Å².